The molecule has 1 aromatic rings. The van der Waals surface area contributed by atoms with Gasteiger partial charge in [-0.3, -0.25) is 9.59 Å². The number of fused-ring (bicyclic) bond motifs is 2. The van der Waals surface area contributed by atoms with Crippen LogP contribution in [-0.2, 0) is 15.0 Å². The van der Waals surface area contributed by atoms with Crippen molar-refractivity contribution in [2.24, 2.45) is 5.73 Å². The molecular weight excluding hydrogens is 334 g/mol. The Hall–Kier alpha value is -1.11. The average molecular weight is 347 g/mol. The SMILES string of the molecule is Cl.NC(=O)[C@@H]1C[C@@]2(CN1)C(=O)Nc1ccc(Br)cc12. The van der Waals surface area contributed by atoms with Crippen molar-refractivity contribution in [3.05, 3.63) is 28.2 Å². The Morgan fingerprint density at radius 1 is 1.47 bits per heavy atom. The minimum Gasteiger partial charge on any atom is -0.368 e. The van der Waals surface area contributed by atoms with Gasteiger partial charge in [0.1, 0.15) is 0 Å². The summed E-state index contributed by atoms with van der Waals surface area (Å²) in [5, 5.41) is 5.89. The Balaban J connectivity index is 0.00000133. The van der Waals surface area contributed by atoms with Gasteiger partial charge in [-0.15, -0.1) is 12.4 Å². The molecule has 102 valence electrons. The van der Waals surface area contributed by atoms with Gasteiger partial charge in [0.15, 0.2) is 0 Å². The van der Waals surface area contributed by atoms with Crippen molar-refractivity contribution in [2.75, 3.05) is 11.9 Å². The molecule has 0 aromatic heterocycles. The summed E-state index contributed by atoms with van der Waals surface area (Å²) < 4.78 is 0.916. The quantitative estimate of drug-likeness (QED) is 0.706. The molecule has 3 rings (SSSR count). The summed E-state index contributed by atoms with van der Waals surface area (Å²) in [5.41, 5.74) is 6.38. The minimum absolute atomic E-state index is 0. The molecule has 0 bridgehead atoms. The van der Waals surface area contributed by atoms with Crippen LogP contribution in [0.1, 0.15) is 12.0 Å². The van der Waals surface area contributed by atoms with Gasteiger partial charge >= 0.3 is 0 Å². The maximum atomic E-state index is 12.2. The fraction of sp³-hybridized carbons (Fsp3) is 0.333. The number of nitrogens with one attached hydrogen (secondary N) is 2. The largest absolute Gasteiger partial charge is 0.368 e. The van der Waals surface area contributed by atoms with Crippen LogP contribution in [0.4, 0.5) is 5.69 Å². The number of amides is 2. The van der Waals surface area contributed by atoms with E-state index >= 15 is 0 Å². The first kappa shape index (κ1) is 14.3. The summed E-state index contributed by atoms with van der Waals surface area (Å²) in [6, 6.07) is 5.23. The maximum absolute atomic E-state index is 12.2. The zero-order valence-corrected chi connectivity index (χ0v) is 12.3. The van der Waals surface area contributed by atoms with E-state index in [1.807, 2.05) is 18.2 Å². The number of anilines is 1. The molecule has 0 saturated carbocycles. The number of rotatable bonds is 1. The zero-order chi connectivity index (χ0) is 12.9. The van der Waals surface area contributed by atoms with Crippen LogP contribution in [0.25, 0.3) is 0 Å². The van der Waals surface area contributed by atoms with Crippen LogP contribution in [0.3, 0.4) is 0 Å². The number of benzene rings is 1. The van der Waals surface area contributed by atoms with Crippen LogP contribution in [-0.4, -0.2) is 24.4 Å². The van der Waals surface area contributed by atoms with Crippen molar-refractivity contribution >= 4 is 45.8 Å². The molecular formula is C12H13BrClN3O2. The zero-order valence-electron chi connectivity index (χ0n) is 9.90. The van der Waals surface area contributed by atoms with Crippen molar-refractivity contribution in [3.8, 4) is 0 Å². The third kappa shape index (κ3) is 2.04. The molecule has 2 heterocycles. The highest BCUT2D eigenvalue weighted by Gasteiger charge is 2.52. The van der Waals surface area contributed by atoms with E-state index in [1.165, 1.54) is 0 Å². The standard InChI is InChI=1S/C12H12BrN3O2.ClH/c13-6-1-2-8-7(3-6)12(11(18)16-8)4-9(10(14)17)15-5-12;/h1-3,9,15H,4-5H2,(H2,14,17)(H,16,18);1H/t9-,12-;/m0./s1. The Bertz CT molecular complexity index is 566. The number of nitrogens with two attached hydrogens (primary N) is 1. The first-order valence-electron chi connectivity index (χ1n) is 5.67. The van der Waals surface area contributed by atoms with E-state index in [1.54, 1.807) is 0 Å². The Morgan fingerprint density at radius 3 is 2.84 bits per heavy atom. The molecule has 2 aliphatic rings. The second kappa shape index (κ2) is 4.77. The van der Waals surface area contributed by atoms with Gasteiger partial charge in [-0.1, -0.05) is 15.9 Å². The fourth-order valence-corrected chi connectivity index (χ4v) is 3.12. The van der Waals surface area contributed by atoms with Crippen LogP contribution in [0.15, 0.2) is 22.7 Å². The van der Waals surface area contributed by atoms with Crippen LogP contribution in [0, 0.1) is 0 Å². The van der Waals surface area contributed by atoms with Gasteiger partial charge in [0.2, 0.25) is 11.8 Å². The number of halogens is 2. The summed E-state index contributed by atoms with van der Waals surface area (Å²) in [6.07, 6.45) is 0.414. The lowest BCUT2D eigenvalue weighted by Crippen LogP contribution is -2.36. The topological polar surface area (TPSA) is 84.2 Å². The average Bonchev–Trinajstić information content (AvgIpc) is 2.86. The first-order chi connectivity index (χ1) is 8.53. The van der Waals surface area contributed by atoms with E-state index in [0.29, 0.717) is 13.0 Å². The Labute approximate surface area is 124 Å². The molecule has 7 heteroatoms. The molecule has 2 amide bonds. The van der Waals surface area contributed by atoms with Crippen molar-refractivity contribution in [1.82, 2.24) is 5.32 Å². The molecule has 4 N–H and O–H groups in total. The van der Waals surface area contributed by atoms with Gasteiger partial charge in [0.25, 0.3) is 0 Å². The lowest BCUT2D eigenvalue weighted by molar-refractivity contribution is -0.120. The molecule has 2 aliphatic heterocycles. The molecule has 0 aliphatic carbocycles. The molecule has 19 heavy (non-hydrogen) atoms. The highest BCUT2D eigenvalue weighted by Crippen LogP contribution is 2.44. The van der Waals surface area contributed by atoms with Gasteiger partial charge in [0.05, 0.1) is 11.5 Å². The van der Waals surface area contributed by atoms with Gasteiger partial charge in [0, 0.05) is 16.7 Å². The lowest BCUT2D eigenvalue weighted by atomic mass is 9.79. The normalized spacial score (nSPS) is 27.8. The molecule has 0 radical (unpaired) electrons. The third-order valence-electron chi connectivity index (χ3n) is 3.73. The van der Waals surface area contributed by atoms with E-state index in [-0.39, 0.29) is 18.3 Å². The third-order valence-corrected chi connectivity index (χ3v) is 4.22. The summed E-state index contributed by atoms with van der Waals surface area (Å²) in [4.78, 5) is 23.5. The molecule has 2 atom stereocenters. The smallest absolute Gasteiger partial charge is 0.236 e. The van der Waals surface area contributed by atoms with E-state index in [9.17, 15) is 9.59 Å². The predicted octanol–water partition coefficient (Wildman–Crippen LogP) is 0.908. The van der Waals surface area contributed by atoms with Crippen molar-refractivity contribution in [2.45, 2.75) is 17.9 Å². The lowest BCUT2D eigenvalue weighted by Gasteiger charge is -2.20. The summed E-state index contributed by atoms with van der Waals surface area (Å²) in [7, 11) is 0. The van der Waals surface area contributed by atoms with Crippen LogP contribution < -0.4 is 16.4 Å². The van der Waals surface area contributed by atoms with Gasteiger partial charge in [-0.25, -0.2) is 0 Å². The summed E-state index contributed by atoms with van der Waals surface area (Å²) in [6.45, 7) is 0.440. The number of primary amides is 1. The van der Waals surface area contributed by atoms with E-state index in [4.69, 9.17) is 5.73 Å². The fourth-order valence-electron chi connectivity index (χ4n) is 2.76. The molecule has 0 unspecified atom stereocenters. The highest BCUT2D eigenvalue weighted by molar-refractivity contribution is 9.10. The number of carbonyl (C=O) groups excluding carboxylic acids is 2. The second-order valence-corrected chi connectivity index (χ2v) is 5.68. The van der Waals surface area contributed by atoms with Crippen molar-refractivity contribution in [3.63, 3.8) is 0 Å². The summed E-state index contributed by atoms with van der Waals surface area (Å²) >= 11 is 3.41. The van der Waals surface area contributed by atoms with Gasteiger partial charge < -0.3 is 16.4 Å². The van der Waals surface area contributed by atoms with Crippen molar-refractivity contribution < 1.29 is 9.59 Å². The van der Waals surface area contributed by atoms with E-state index < -0.39 is 17.4 Å². The van der Waals surface area contributed by atoms with Crippen LogP contribution in [0.2, 0.25) is 0 Å². The number of hydrogen-bond acceptors (Lipinski definition) is 3. The van der Waals surface area contributed by atoms with Crippen LogP contribution >= 0.6 is 28.3 Å². The number of hydrogen-bond donors (Lipinski definition) is 3. The van der Waals surface area contributed by atoms with E-state index in [2.05, 4.69) is 26.6 Å². The maximum Gasteiger partial charge on any atom is 0.236 e. The van der Waals surface area contributed by atoms with Gasteiger partial charge in [-0.05, 0) is 30.2 Å². The Kier molecular flexibility index (Phi) is 3.59. The van der Waals surface area contributed by atoms with Crippen molar-refractivity contribution in [1.29, 1.82) is 0 Å². The second-order valence-electron chi connectivity index (χ2n) is 4.77. The monoisotopic (exact) mass is 345 g/mol. The molecule has 5 nitrogen and oxygen atoms in total. The summed E-state index contributed by atoms with van der Waals surface area (Å²) in [5.74, 6) is -0.477. The molecule has 1 aromatic carbocycles. The van der Waals surface area contributed by atoms with Gasteiger partial charge in [-0.2, -0.15) is 0 Å². The highest BCUT2D eigenvalue weighted by atomic mass is 79.9. The first-order valence-corrected chi connectivity index (χ1v) is 6.46. The molecule has 1 spiro atoms. The molecule has 1 saturated heterocycles. The molecule has 1 fully saturated rings. The van der Waals surface area contributed by atoms with E-state index in [0.717, 1.165) is 15.7 Å². The number of carbonyl (C=O) groups is 2. The van der Waals surface area contributed by atoms with Crippen LogP contribution in [0.5, 0.6) is 0 Å². The predicted molar refractivity (Wildman–Crippen MR) is 77.3 cm³/mol. The Morgan fingerprint density at radius 2 is 2.21 bits per heavy atom. The minimum atomic E-state index is -0.668.